The zero-order chi connectivity index (χ0) is 17.5. The third-order valence-electron chi connectivity index (χ3n) is 4.48. The Morgan fingerprint density at radius 2 is 1.71 bits per heavy atom. The van der Waals surface area contributed by atoms with Crippen LogP contribution in [0.4, 0.5) is 5.69 Å². The van der Waals surface area contributed by atoms with Gasteiger partial charge in [0.15, 0.2) is 9.84 Å². The molecule has 0 saturated heterocycles. The van der Waals surface area contributed by atoms with Gasteiger partial charge in [-0.15, -0.1) is 0 Å². The Labute approximate surface area is 143 Å². The van der Waals surface area contributed by atoms with Crippen molar-refractivity contribution in [2.24, 2.45) is 0 Å². The van der Waals surface area contributed by atoms with Crippen LogP contribution in [-0.2, 0) is 16.3 Å². The molecule has 0 aromatic heterocycles. The molecule has 5 heteroatoms. The van der Waals surface area contributed by atoms with Crippen LogP contribution in [-0.4, -0.2) is 25.6 Å². The number of benzene rings is 2. The number of nitrogens with zero attached hydrogens (tertiary/aromatic N) is 1. The van der Waals surface area contributed by atoms with Crippen molar-refractivity contribution in [2.75, 3.05) is 4.90 Å². The molecule has 0 N–H and O–H groups in total. The molecular formula is C19H21NO3S. The standard InChI is InChI=1S/C19H21NO3S/c1-13(2)24(22,23)17-10-8-15(9-11-17)19(21)20-14(3)12-16-6-4-5-7-18(16)20/h4-11,13-14H,12H2,1-3H3. The highest BCUT2D eigenvalue weighted by Gasteiger charge is 2.31. The first-order chi connectivity index (χ1) is 11.3. The van der Waals surface area contributed by atoms with Gasteiger partial charge in [0.25, 0.3) is 5.91 Å². The van der Waals surface area contributed by atoms with Crippen LogP contribution >= 0.6 is 0 Å². The smallest absolute Gasteiger partial charge is 0.258 e. The van der Waals surface area contributed by atoms with E-state index in [1.165, 1.54) is 12.1 Å². The molecule has 0 spiro atoms. The quantitative estimate of drug-likeness (QED) is 0.857. The lowest BCUT2D eigenvalue weighted by molar-refractivity contribution is 0.0981. The maximum absolute atomic E-state index is 12.9. The molecule has 2 aromatic rings. The lowest BCUT2D eigenvalue weighted by atomic mass is 10.1. The Balaban J connectivity index is 1.92. The van der Waals surface area contributed by atoms with E-state index in [1.807, 2.05) is 31.2 Å². The molecule has 0 aliphatic carbocycles. The van der Waals surface area contributed by atoms with Crippen molar-refractivity contribution in [2.45, 2.75) is 43.4 Å². The summed E-state index contributed by atoms with van der Waals surface area (Å²) >= 11 is 0. The Morgan fingerprint density at radius 1 is 1.08 bits per heavy atom. The fraction of sp³-hybridized carbons (Fsp3) is 0.316. The van der Waals surface area contributed by atoms with Gasteiger partial charge in [0.05, 0.1) is 10.1 Å². The first kappa shape index (κ1) is 16.7. The predicted octanol–water partition coefficient (Wildman–Crippen LogP) is 3.46. The average Bonchev–Trinajstić information content (AvgIpc) is 2.90. The Morgan fingerprint density at radius 3 is 2.33 bits per heavy atom. The number of para-hydroxylation sites is 1. The van der Waals surface area contributed by atoms with Crippen molar-refractivity contribution < 1.29 is 13.2 Å². The van der Waals surface area contributed by atoms with Gasteiger partial charge in [-0.1, -0.05) is 18.2 Å². The molecular weight excluding hydrogens is 322 g/mol. The molecule has 0 fully saturated rings. The lowest BCUT2D eigenvalue weighted by Gasteiger charge is -2.23. The molecule has 0 bridgehead atoms. The fourth-order valence-corrected chi connectivity index (χ4v) is 4.13. The topological polar surface area (TPSA) is 54.5 Å². The number of carbonyl (C=O) groups excluding carboxylic acids is 1. The summed E-state index contributed by atoms with van der Waals surface area (Å²) in [5.41, 5.74) is 2.60. The second-order valence-electron chi connectivity index (χ2n) is 6.48. The van der Waals surface area contributed by atoms with Crippen molar-refractivity contribution >= 4 is 21.4 Å². The highest BCUT2D eigenvalue weighted by atomic mass is 32.2. The van der Waals surface area contributed by atoms with E-state index < -0.39 is 15.1 Å². The molecule has 1 aliphatic rings. The molecule has 3 rings (SSSR count). The summed E-state index contributed by atoms with van der Waals surface area (Å²) in [6.07, 6.45) is 0.835. The summed E-state index contributed by atoms with van der Waals surface area (Å²) in [5.74, 6) is -0.0963. The fourth-order valence-electron chi connectivity index (χ4n) is 3.07. The number of sulfone groups is 1. The van der Waals surface area contributed by atoms with Gasteiger partial charge in [0, 0.05) is 17.3 Å². The van der Waals surface area contributed by atoms with E-state index in [0.29, 0.717) is 5.56 Å². The summed E-state index contributed by atoms with van der Waals surface area (Å²) < 4.78 is 24.4. The molecule has 1 unspecified atom stereocenters. The van der Waals surface area contributed by atoms with Crippen molar-refractivity contribution in [1.29, 1.82) is 0 Å². The summed E-state index contributed by atoms with van der Waals surface area (Å²) in [5, 5.41) is -0.482. The maximum atomic E-state index is 12.9. The van der Waals surface area contributed by atoms with Gasteiger partial charge in [-0.05, 0) is 63.1 Å². The number of hydrogen-bond donors (Lipinski definition) is 0. The van der Waals surface area contributed by atoms with Crippen LogP contribution in [0.1, 0.15) is 36.7 Å². The molecule has 1 atom stereocenters. The molecule has 4 nitrogen and oxygen atoms in total. The van der Waals surface area contributed by atoms with E-state index in [1.54, 1.807) is 30.9 Å². The highest BCUT2D eigenvalue weighted by molar-refractivity contribution is 7.92. The van der Waals surface area contributed by atoms with E-state index in [-0.39, 0.29) is 16.8 Å². The zero-order valence-corrected chi connectivity index (χ0v) is 14.9. The first-order valence-electron chi connectivity index (χ1n) is 8.08. The second kappa shape index (κ2) is 6.06. The Hall–Kier alpha value is -2.14. The van der Waals surface area contributed by atoms with E-state index in [2.05, 4.69) is 0 Å². The van der Waals surface area contributed by atoms with Gasteiger partial charge in [-0.3, -0.25) is 4.79 Å². The van der Waals surface area contributed by atoms with Crippen LogP contribution in [0.2, 0.25) is 0 Å². The minimum absolute atomic E-state index is 0.0916. The molecule has 126 valence electrons. The van der Waals surface area contributed by atoms with Crippen LogP contribution in [0, 0.1) is 0 Å². The maximum Gasteiger partial charge on any atom is 0.258 e. The second-order valence-corrected chi connectivity index (χ2v) is 8.98. The summed E-state index contributed by atoms with van der Waals surface area (Å²) in [6, 6.07) is 14.2. The Bertz CT molecular complexity index is 870. The van der Waals surface area contributed by atoms with Crippen LogP contribution < -0.4 is 4.90 Å². The molecule has 1 aliphatic heterocycles. The van der Waals surface area contributed by atoms with Crippen LogP contribution in [0.3, 0.4) is 0 Å². The highest BCUT2D eigenvalue weighted by Crippen LogP contribution is 2.33. The number of rotatable bonds is 3. The van der Waals surface area contributed by atoms with E-state index in [0.717, 1.165) is 17.7 Å². The molecule has 0 radical (unpaired) electrons. The summed E-state index contributed by atoms with van der Waals surface area (Å²) in [6.45, 7) is 5.32. The minimum atomic E-state index is -3.32. The average molecular weight is 343 g/mol. The van der Waals surface area contributed by atoms with Crippen molar-refractivity contribution in [1.82, 2.24) is 0 Å². The van der Waals surface area contributed by atoms with Crippen LogP contribution in [0.25, 0.3) is 0 Å². The number of carbonyl (C=O) groups is 1. The van der Waals surface area contributed by atoms with Crippen molar-refractivity contribution in [3.63, 3.8) is 0 Å². The number of hydrogen-bond acceptors (Lipinski definition) is 3. The first-order valence-corrected chi connectivity index (χ1v) is 9.62. The Kier molecular flexibility index (Phi) is 4.22. The molecule has 1 heterocycles. The summed E-state index contributed by atoms with van der Waals surface area (Å²) in [4.78, 5) is 14.9. The lowest BCUT2D eigenvalue weighted by Crippen LogP contribution is -2.35. The van der Waals surface area contributed by atoms with E-state index in [9.17, 15) is 13.2 Å². The largest absolute Gasteiger partial charge is 0.305 e. The molecule has 24 heavy (non-hydrogen) atoms. The van der Waals surface area contributed by atoms with Gasteiger partial charge < -0.3 is 4.90 Å². The minimum Gasteiger partial charge on any atom is -0.305 e. The number of anilines is 1. The van der Waals surface area contributed by atoms with Crippen LogP contribution in [0.5, 0.6) is 0 Å². The predicted molar refractivity (Wildman–Crippen MR) is 95.2 cm³/mol. The SMILES string of the molecule is CC1Cc2ccccc2N1C(=O)c1ccc(S(=O)(=O)C(C)C)cc1. The van der Waals surface area contributed by atoms with E-state index >= 15 is 0 Å². The van der Waals surface area contributed by atoms with Gasteiger partial charge >= 0.3 is 0 Å². The van der Waals surface area contributed by atoms with Crippen molar-refractivity contribution in [3.05, 3.63) is 59.7 Å². The van der Waals surface area contributed by atoms with E-state index in [4.69, 9.17) is 0 Å². The van der Waals surface area contributed by atoms with Crippen LogP contribution in [0.15, 0.2) is 53.4 Å². The van der Waals surface area contributed by atoms with Gasteiger partial charge in [-0.25, -0.2) is 8.42 Å². The van der Waals surface area contributed by atoms with Crippen molar-refractivity contribution in [3.8, 4) is 0 Å². The number of fused-ring (bicyclic) bond motifs is 1. The number of amides is 1. The zero-order valence-electron chi connectivity index (χ0n) is 14.1. The molecule has 2 aromatic carbocycles. The third-order valence-corrected chi connectivity index (χ3v) is 6.65. The third kappa shape index (κ3) is 2.73. The van der Waals surface area contributed by atoms with Gasteiger partial charge in [0.2, 0.25) is 0 Å². The summed E-state index contributed by atoms with van der Waals surface area (Å²) in [7, 11) is -3.32. The normalized spacial score (nSPS) is 17.2. The molecule has 0 saturated carbocycles. The van der Waals surface area contributed by atoms with Gasteiger partial charge in [0.1, 0.15) is 0 Å². The monoisotopic (exact) mass is 343 g/mol. The van der Waals surface area contributed by atoms with Gasteiger partial charge in [-0.2, -0.15) is 0 Å². The molecule has 1 amide bonds.